The van der Waals surface area contributed by atoms with Crippen molar-refractivity contribution in [1.82, 2.24) is 10.4 Å². The second kappa shape index (κ2) is 4.06. The molecule has 1 atom stereocenters. The first-order chi connectivity index (χ1) is 5.61. The Labute approximate surface area is 81.3 Å². The summed E-state index contributed by atoms with van der Waals surface area (Å²) in [6, 6.07) is -0.463. The topological polar surface area (TPSA) is 52.6 Å². The molecule has 12 heavy (non-hydrogen) atoms. The van der Waals surface area contributed by atoms with Gasteiger partial charge in [0.05, 0.1) is 0 Å². The van der Waals surface area contributed by atoms with Crippen molar-refractivity contribution in [2.24, 2.45) is 0 Å². The molecule has 4 nitrogen and oxygen atoms in total. The molecule has 0 amide bonds. The van der Waals surface area contributed by atoms with Gasteiger partial charge in [-0.05, 0) is 12.8 Å². The third-order valence-corrected chi connectivity index (χ3v) is 1.97. The van der Waals surface area contributed by atoms with Crippen LogP contribution < -0.4 is 5.43 Å². The molecule has 0 aromatic rings. The minimum atomic E-state index is -0.815. The molecular formula is C6H10N2O2S2. The first-order valence-electron chi connectivity index (χ1n) is 3.60. The predicted octanol–water partition coefficient (Wildman–Crippen LogP) is 0.255. The number of carboxylic acid groups (broad SMARTS) is 1. The molecule has 0 aromatic heterocycles. The fourth-order valence-corrected chi connectivity index (χ4v) is 1.53. The minimum Gasteiger partial charge on any atom is -0.480 e. The summed E-state index contributed by atoms with van der Waals surface area (Å²) in [5.74, 6) is -0.815. The molecule has 0 spiro atoms. The molecular weight excluding hydrogens is 196 g/mol. The second-order valence-electron chi connectivity index (χ2n) is 2.61. The van der Waals surface area contributed by atoms with Gasteiger partial charge in [-0.1, -0.05) is 12.2 Å². The smallest absolute Gasteiger partial charge is 0.322 e. The highest BCUT2D eigenvalue weighted by Crippen LogP contribution is 2.14. The quantitative estimate of drug-likeness (QED) is 0.447. The summed E-state index contributed by atoms with van der Waals surface area (Å²) >= 11 is 8.56. The average Bonchev–Trinajstić information content (AvgIpc) is 2.33. The maximum absolute atomic E-state index is 10.6. The van der Waals surface area contributed by atoms with Gasteiger partial charge in [-0.2, -0.15) is 0 Å². The molecule has 0 saturated carbocycles. The Morgan fingerprint density at radius 2 is 2.42 bits per heavy atom. The summed E-state index contributed by atoms with van der Waals surface area (Å²) in [6.07, 6.45) is 1.54. The van der Waals surface area contributed by atoms with Gasteiger partial charge in [-0.3, -0.25) is 4.79 Å². The normalized spacial score (nSPS) is 23.9. The van der Waals surface area contributed by atoms with Crippen LogP contribution in [-0.2, 0) is 4.79 Å². The van der Waals surface area contributed by atoms with E-state index >= 15 is 0 Å². The van der Waals surface area contributed by atoms with Crippen LogP contribution in [0.25, 0.3) is 0 Å². The van der Waals surface area contributed by atoms with Gasteiger partial charge in [0.25, 0.3) is 0 Å². The first kappa shape index (κ1) is 9.76. The number of hydrogen-bond donors (Lipinski definition) is 3. The van der Waals surface area contributed by atoms with E-state index in [1.807, 2.05) is 0 Å². The van der Waals surface area contributed by atoms with Crippen LogP contribution in [0.15, 0.2) is 0 Å². The van der Waals surface area contributed by atoms with Gasteiger partial charge >= 0.3 is 5.97 Å². The number of carbonyl (C=O) groups is 1. The molecule has 0 unspecified atom stereocenters. The highest BCUT2D eigenvalue weighted by molar-refractivity contribution is 8.11. The van der Waals surface area contributed by atoms with E-state index in [9.17, 15) is 4.79 Å². The lowest BCUT2D eigenvalue weighted by Crippen LogP contribution is -2.46. The van der Waals surface area contributed by atoms with E-state index in [4.69, 9.17) is 17.3 Å². The zero-order valence-corrected chi connectivity index (χ0v) is 8.07. The number of nitrogens with zero attached hydrogens (tertiary/aromatic N) is 1. The van der Waals surface area contributed by atoms with Crippen LogP contribution in [-0.4, -0.2) is 33.0 Å². The Hall–Kier alpha value is -0.330. The number of carboxylic acids is 1. The van der Waals surface area contributed by atoms with Crippen molar-refractivity contribution in [2.75, 3.05) is 6.54 Å². The third kappa shape index (κ3) is 2.33. The van der Waals surface area contributed by atoms with Gasteiger partial charge in [0.2, 0.25) is 0 Å². The lowest BCUT2D eigenvalue weighted by atomic mass is 10.2. The Morgan fingerprint density at radius 3 is 2.92 bits per heavy atom. The molecule has 1 aliphatic rings. The van der Waals surface area contributed by atoms with E-state index in [0.717, 1.165) is 6.42 Å². The maximum atomic E-state index is 10.6. The Kier molecular flexibility index (Phi) is 3.30. The van der Waals surface area contributed by atoms with E-state index in [1.165, 1.54) is 0 Å². The highest BCUT2D eigenvalue weighted by atomic mass is 32.1. The van der Waals surface area contributed by atoms with Crippen molar-refractivity contribution >= 4 is 35.1 Å². The third-order valence-electron chi connectivity index (χ3n) is 1.78. The van der Waals surface area contributed by atoms with E-state index in [0.29, 0.717) is 17.3 Å². The summed E-state index contributed by atoms with van der Waals surface area (Å²) in [4.78, 5) is 10.6. The van der Waals surface area contributed by atoms with Gasteiger partial charge < -0.3 is 10.5 Å². The van der Waals surface area contributed by atoms with Gasteiger partial charge in [0.1, 0.15) is 10.4 Å². The van der Waals surface area contributed by atoms with Crippen LogP contribution in [0.1, 0.15) is 12.8 Å². The van der Waals surface area contributed by atoms with Gasteiger partial charge in [-0.15, -0.1) is 12.6 Å². The fourth-order valence-electron chi connectivity index (χ4n) is 1.28. The van der Waals surface area contributed by atoms with E-state index in [2.05, 4.69) is 18.1 Å². The zero-order valence-electron chi connectivity index (χ0n) is 6.36. The number of hydrazine groups is 1. The molecule has 0 aromatic carbocycles. The van der Waals surface area contributed by atoms with Crippen LogP contribution in [0.3, 0.4) is 0 Å². The van der Waals surface area contributed by atoms with Crippen molar-refractivity contribution in [3.63, 3.8) is 0 Å². The number of aliphatic carboxylic acids is 1. The summed E-state index contributed by atoms with van der Waals surface area (Å²) in [7, 11) is 0. The zero-order chi connectivity index (χ0) is 9.14. The lowest BCUT2D eigenvalue weighted by molar-refractivity contribution is -0.142. The molecule has 6 heteroatoms. The molecule has 1 saturated heterocycles. The van der Waals surface area contributed by atoms with Crippen molar-refractivity contribution in [3.8, 4) is 0 Å². The number of rotatable bonds is 2. The number of thiol groups is 1. The number of thiocarbonyl (C=S) groups is 1. The van der Waals surface area contributed by atoms with Crippen LogP contribution in [0.4, 0.5) is 0 Å². The maximum Gasteiger partial charge on any atom is 0.322 e. The number of hydrogen-bond acceptors (Lipinski definition) is 3. The van der Waals surface area contributed by atoms with Crippen LogP contribution in [0.2, 0.25) is 0 Å². The van der Waals surface area contributed by atoms with Crippen molar-refractivity contribution in [3.05, 3.63) is 0 Å². The molecule has 68 valence electrons. The van der Waals surface area contributed by atoms with Crippen molar-refractivity contribution in [2.45, 2.75) is 18.9 Å². The molecule has 1 aliphatic heterocycles. The Bertz CT molecular complexity index is 210. The van der Waals surface area contributed by atoms with Gasteiger partial charge in [0, 0.05) is 6.54 Å². The van der Waals surface area contributed by atoms with E-state index in [1.54, 1.807) is 5.01 Å². The molecule has 0 radical (unpaired) electrons. The fraction of sp³-hybridized carbons (Fsp3) is 0.667. The minimum absolute atomic E-state index is 0.308. The molecule has 0 bridgehead atoms. The van der Waals surface area contributed by atoms with Gasteiger partial charge in [0.15, 0.2) is 0 Å². The monoisotopic (exact) mass is 206 g/mol. The van der Waals surface area contributed by atoms with Crippen LogP contribution in [0.5, 0.6) is 0 Å². The summed E-state index contributed by atoms with van der Waals surface area (Å²) in [6.45, 7) is 0.706. The SMILES string of the molecule is O=C(O)[C@@H]1CCCN1NC(=S)S. The van der Waals surface area contributed by atoms with Crippen LogP contribution in [0, 0.1) is 0 Å². The van der Waals surface area contributed by atoms with Crippen molar-refractivity contribution in [1.29, 1.82) is 0 Å². The summed E-state index contributed by atoms with van der Waals surface area (Å²) < 4.78 is 0.308. The predicted molar refractivity (Wildman–Crippen MR) is 52.1 cm³/mol. The molecule has 1 rings (SSSR count). The molecule has 0 aliphatic carbocycles. The molecule has 1 fully saturated rings. The van der Waals surface area contributed by atoms with Crippen LogP contribution >= 0.6 is 24.8 Å². The lowest BCUT2D eigenvalue weighted by Gasteiger charge is -2.21. The Balaban J connectivity index is 2.52. The largest absolute Gasteiger partial charge is 0.480 e. The summed E-state index contributed by atoms with van der Waals surface area (Å²) in [5.41, 5.74) is 2.72. The second-order valence-corrected chi connectivity index (χ2v) is 3.76. The van der Waals surface area contributed by atoms with Gasteiger partial charge in [-0.25, -0.2) is 5.01 Å². The summed E-state index contributed by atoms with van der Waals surface area (Å²) in [5, 5.41) is 10.4. The average molecular weight is 206 g/mol. The standard InChI is InChI=1S/C6H10N2O2S2/c9-5(10)4-2-1-3-8(4)7-6(11)12/h4H,1-3H2,(H,9,10)(H2,7,11,12)/t4-/m0/s1. The molecule has 1 heterocycles. The first-order valence-corrected chi connectivity index (χ1v) is 4.46. The van der Waals surface area contributed by atoms with E-state index in [-0.39, 0.29) is 0 Å². The van der Waals surface area contributed by atoms with Crippen molar-refractivity contribution < 1.29 is 9.90 Å². The van der Waals surface area contributed by atoms with E-state index < -0.39 is 12.0 Å². The molecule has 2 N–H and O–H groups in total. The highest BCUT2D eigenvalue weighted by Gasteiger charge is 2.30. The Morgan fingerprint density at radius 1 is 1.75 bits per heavy atom. The number of nitrogens with one attached hydrogen (secondary N) is 1.